The Bertz CT molecular complexity index is 852. The molecule has 28 heavy (non-hydrogen) atoms. The summed E-state index contributed by atoms with van der Waals surface area (Å²) in [5.74, 6) is -0.947. The topological polar surface area (TPSA) is 68.7 Å². The molecule has 1 aliphatic rings. The number of halogens is 1. The highest BCUT2D eigenvalue weighted by atomic mass is 32.1. The van der Waals surface area contributed by atoms with Crippen LogP contribution in [0, 0.1) is 12.7 Å². The summed E-state index contributed by atoms with van der Waals surface area (Å²) >= 11 is 1.31. The van der Waals surface area contributed by atoms with E-state index >= 15 is 0 Å². The smallest absolute Gasteiger partial charge is 0.328 e. The molecule has 0 N–H and O–H groups in total. The number of hydrogen-bond donors (Lipinski definition) is 0. The number of aryl methyl sites for hydroxylation is 1. The molecule has 1 aliphatic heterocycles. The molecule has 3 rings (SSSR count). The van der Waals surface area contributed by atoms with E-state index in [4.69, 9.17) is 9.47 Å². The number of piperidine rings is 1. The molecule has 0 spiro atoms. The number of thiazole rings is 1. The molecule has 1 aromatic carbocycles. The molecule has 0 radical (unpaired) electrons. The number of amides is 1. The quantitative estimate of drug-likeness (QED) is 0.714. The SMILES string of the molecule is COC(=O)C1CC(OC)CCN1C(=O)c1sc(Cc2ccc(F)cc2)nc1C. The molecule has 0 saturated carbocycles. The Morgan fingerprint density at radius 3 is 2.64 bits per heavy atom. The monoisotopic (exact) mass is 406 g/mol. The molecular formula is C20H23FN2O4S. The molecule has 1 saturated heterocycles. The Labute approximate surface area is 167 Å². The largest absolute Gasteiger partial charge is 0.467 e. The zero-order chi connectivity index (χ0) is 20.3. The lowest BCUT2D eigenvalue weighted by molar-refractivity contribution is -0.149. The van der Waals surface area contributed by atoms with Gasteiger partial charge in [-0.25, -0.2) is 14.2 Å². The van der Waals surface area contributed by atoms with E-state index in [1.54, 1.807) is 31.1 Å². The molecule has 0 bridgehead atoms. The average Bonchev–Trinajstić information content (AvgIpc) is 3.08. The van der Waals surface area contributed by atoms with Crippen molar-refractivity contribution < 1.29 is 23.5 Å². The van der Waals surface area contributed by atoms with E-state index in [2.05, 4.69) is 4.98 Å². The fourth-order valence-electron chi connectivity index (χ4n) is 3.38. The second-order valence-corrected chi connectivity index (χ2v) is 7.83. The molecule has 1 aromatic heterocycles. The number of likely N-dealkylation sites (tertiary alicyclic amines) is 1. The first-order valence-electron chi connectivity index (χ1n) is 9.05. The Morgan fingerprint density at radius 1 is 1.29 bits per heavy atom. The molecule has 1 amide bonds. The number of ether oxygens (including phenoxy) is 2. The summed E-state index contributed by atoms with van der Waals surface area (Å²) in [5.41, 5.74) is 1.55. The predicted molar refractivity (Wildman–Crippen MR) is 103 cm³/mol. The Hall–Kier alpha value is -2.32. The van der Waals surface area contributed by atoms with Crippen LogP contribution in [0.15, 0.2) is 24.3 Å². The van der Waals surface area contributed by atoms with Crippen molar-refractivity contribution in [3.8, 4) is 0 Å². The van der Waals surface area contributed by atoms with E-state index in [-0.39, 0.29) is 17.8 Å². The Kier molecular flexibility index (Phi) is 6.41. The van der Waals surface area contributed by atoms with Crippen molar-refractivity contribution >= 4 is 23.2 Å². The minimum Gasteiger partial charge on any atom is -0.467 e. The third-order valence-electron chi connectivity index (χ3n) is 4.93. The highest BCUT2D eigenvalue weighted by molar-refractivity contribution is 7.13. The first kappa shape index (κ1) is 20.4. The molecule has 2 unspecified atom stereocenters. The third kappa shape index (κ3) is 4.39. The van der Waals surface area contributed by atoms with Crippen molar-refractivity contribution in [2.45, 2.75) is 38.3 Å². The number of nitrogens with zero attached hydrogens (tertiary/aromatic N) is 2. The van der Waals surface area contributed by atoms with Crippen molar-refractivity contribution in [2.75, 3.05) is 20.8 Å². The standard InChI is InChI=1S/C20H23FN2O4S/c1-12-18(28-17(22-12)10-13-4-6-14(21)7-5-13)19(24)23-9-8-15(26-2)11-16(23)20(25)27-3/h4-7,15-16H,8-11H2,1-3H3. The van der Waals surface area contributed by atoms with E-state index < -0.39 is 12.0 Å². The molecule has 2 heterocycles. The number of esters is 1. The number of rotatable bonds is 5. The van der Waals surface area contributed by atoms with Crippen LogP contribution in [0.25, 0.3) is 0 Å². The van der Waals surface area contributed by atoms with E-state index in [1.807, 2.05) is 0 Å². The maximum absolute atomic E-state index is 13.2. The minimum absolute atomic E-state index is 0.0789. The summed E-state index contributed by atoms with van der Waals surface area (Å²) < 4.78 is 23.3. The highest BCUT2D eigenvalue weighted by Gasteiger charge is 2.38. The van der Waals surface area contributed by atoms with Gasteiger partial charge in [0.15, 0.2) is 0 Å². The van der Waals surface area contributed by atoms with Crippen LogP contribution in [-0.2, 0) is 20.7 Å². The number of methoxy groups -OCH3 is 2. The van der Waals surface area contributed by atoms with Gasteiger partial charge in [0.2, 0.25) is 0 Å². The lowest BCUT2D eigenvalue weighted by Gasteiger charge is -2.37. The van der Waals surface area contributed by atoms with Crippen molar-refractivity contribution in [3.05, 3.63) is 51.2 Å². The van der Waals surface area contributed by atoms with Crippen LogP contribution >= 0.6 is 11.3 Å². The van der Waals surface area contributed by atoms with Gasteiger partial charge in [0, 0.05) is 26.5 Å². The van der Waals surface area contributed by atoms with Gasteiger partial charge in [-0.15, -0.1) is 11.3 Å². The molecule has 2 atom stereocenters. The summed E-state index contributed by atoms with van der Waals surface area (Å²) in [6.45, 7) is 2.20. The van der Waals surface area contributed by atoms with Crippen LogP contribution in [0.2, 0.25) is 0 Å². The maximum Gasteiger partial charge on any atom is 0.328 e. The summed E-state index contributed by atoms with van der Waals surface area (Å²) in [5, 5.41) is 0.772. The van der Waals surface area contributed by atoms with Crippen molar-refractivity contribution in [3.63, 3.8) is 0 Å². The lowest BCUT2D eigenvalue weighted by Crippen LogP contribution is -2.52. The van der Waals surface area contributed by atoms with E-state index in [0.717, 1.165) is 10.6 Å². The van der Waals surface area contributed by atoms with Gasteiger partial charge in [-0.05, 0) is 31.0 Å². The van der Waals surface area contributed by atoms with Gasteiger partial charge < -0.3 is 14.4 Å². The van der Waals surface area contributed by atoms with E-state index in [9.17, 15) is 14.0 Å². The molecule has 8 heteroatoms. The molecular weight excluding hydrogens is 383 g/mol. The average molecular weight is 406 g/mol. The number of carbonyl (C=O) groups excluding carboxylic acids is 2. The van der Waals surface area contributed by atoms with Crippen LogP contribution in [0.4, 0.5) is 4.39 Å². The van der Waals surface area contributed by atoms with Crippen LogP contribution in [0.3, 0.4) is 0 Å². The zero-order valence-electron chi connectivity index (χ0n) is 16.1. The van der Waals surface area contributed by atoms with Gasteiger partial charge in [-0.3, -0.25) is 4.79 Å². The van der Waals surface area contributed by atoms with Crippen molar-refractivity contribution in [1.29, 1.82) is 0 Å². The molecule has 2 aromatic rings. The summed E-state index contributed by atoms with van der Waals surface area (Å²) in [4.78, 5) is 32.0. The number of aromatic nitrogens is 1. The van der Waals surface area contributed by atoms with Crippen LogP contribution in [0.5, 0.6) is 0 Å². The van der Waals surface area contributed by atoms with Gasteiger partial charge in [0.05, 0.1) is 23.9 Å². The highest BCUT2D eigenvalue weighted by Crippen LogP contribution is 2.27. The first-order valence-corrected chi connectivity index (χ1v) is 9.87. The summed E-state index contributed by atoms with van der Waals surface area (Å²) in [6.07, 6.45) is 1.51. The zero-order valence-corrected chi connectivity index (χ0v) is 16.9. The maximum atomic E-state index is 13.2. The molecule has 1 fully saturated rings. The van der Waals surface area contributed by atoms with Crippen LogP contribution in [-0.4, -0.2) is 54.7 Å². The predicted octanol–water partition coefficient (Wildman–Crippen LogP) is 2.97. The fraction of sp³-hybridized carbons (Fsp3) is 0.450. The Balaban J connectivity index is 1.80. The number of carbonyl (C=O) groups is 2. The lowest BCUT2D eigenvalue weighted by atomic mass is 9.99. The minimum atomic E-state index is -0.668. The second-order valence-electron chi connectivity index (χ2n) is 6.74. The van der Waals surface area contributed by atoms with Gasteiger partial charge in [0.25, 0.3) is 5.91 Å². The van der Waals surface area contributed by atoms with Crippen LogP contribution in [0.1, 0.15) is 38.8 Å². The van der Waals surface area contributed by atoms with Gasteiger partial charge in [0.1, 0.15) is 16.7 Å². The fourth-order valence-corrected chi connectivity index (χ4v) is 4.44. The van der Waals surface area contributed by atoms with Gasteiger partial charge in [-0.2, -0.15) is 0 Å². The Morgan fingerprint density at radius 2 is 2.00 bits per heavy atom. The summed E-state index contributed by atoms with van der Waals surface area (Å²) in [6, 6.07) is 5.55. The molecule has 6 nitrogen and oxygen atoms in total. The number of hydrogen-bond acceptors (Lipinski definition) is 6. The molecule has 0 aliphatic carbocycles. The van der Waals surface area contributed by atoms with Crippen molar-refractivity contribution in [1.82, 2.24) is 9.88 Å². The number of benzene rings is 1. The first-order chi connectivity index (χ1) is 13.4. The van der Waals surface area contributed by atoms with Crippen LogP contribution < -0.4 is 0 Å². The normalized spacial score (nSPS) is 19.5. The molecule has 150 valence electrons. The third-order valence-corrected chi connectivity index (χ3v) is 6.07. The summed E-state index contributed by atoms with van der Waals surface area (Å²) in [7, 11) is 2.92. The van der Waals surface area contributed by atoms with E-state index in [1.165, 1.54) is 30.6 Å². The van der Waals surface area contributed by atoms with Gasteiger partial charge in [-0.1, -0.05) is 12.1 Å². The van der Waals surface area contributed by atoms with Crippen molar-refractivity contribution in [2.24, 2.45) is 0 Å². The second kappa shape index (κ2) is 8.79. The van der Waals surface area contributed by atoms with E-state index in [0.29, 0.717) is 36.4 Å². The van der Waals surface area contributed by atoms with Gasteiger partial charge >= 0.3 is 5.97 Å².